The number of furan rings is 1. The highest BCUT2D eigenvalue weighted by molar-refractivity contribution is 6.10. The zero-order valence-corrected chi connectivity index (χ0v) is 64.6. The summed E-state index contributed by atoms with van der Waals surface area (Å²) >= 11 is 0. The smallest absolute Gasteiger partial charge is 0.135 e. The lowest BCUT2D eigenvalue weighted by Crippen LogP contribution is -2.28. The zero-order chi connectivity index (χ0) is 76.9. The predicted octanol–water partition coefficient (Wildman–Crippen LogP) is 29.8. The van der Waals surface area contributed by atoms with Gasteiger partial charge in [-0.2, -0.15) is 0 Å². The monoisotopic (exact) mass is 1470 g/mol. The van der Waals surface area contributed by atoms with E-state index in [1.54, 1.807) is 0 Å². The van der Waals surface area contributed by atoms with E-state index in [4.69, 9.17) is 4.42 Å². The molecular formula is C111H81N3O. The van der Waals surface area contributed by atoms with Crippen LogP contribution in [0, 0.1) is 0 Å². The lowest BCUT2D eigenvalue weighted by molar-refractivity contribution is 0.631. The third-order valence-corrected chi connectivity index (χ3v) is 24.8. The number of anilines is 6. The van der Waals surface area contributed by atoms with Crippen LogP contribution in [-0.2, 0) is 16.2 Å². The molecule has 2 heterocycles. The largest absolute Gasteiger partial charge is 0.456 e. The summed E-state index contributed by atoms with van der Waals surface area (Å²) in [6.45, 7) is 9.42. The van der Waals surface area contributed by atoms with Gasteiger partial charge < -0.3 is 18.8 Å². The van der Waals surface area contributed by atoms with Crippen LogP contribution < -0.4 is 9.80 Å². The average molecular weight is 1470 g/mol. The summed E-state index contributed by atoms with van der Waals surface area (Å²) in [5, 5.41) is 3.61. The lowest BCUT2D eigenvalue weighted by Gasteiger charge is -2.35. The van der Waals surface area contributed by atoms with E-state index >= 15 is 0 Å². The van der Waals surface area contributed by atoms with Gasteiger partial charge in [-0.25, -0.2) is 0 Å². The molecule has 0 radical (unpaired) electrons. The van der Waals surface area contributed by atoms with Gasteiger partial charge in [-0.1, -0.05) is 319 Å². The van der Waals surface area contributed by atoms with Gasteiger partial charge in [0.05, 0.1) is 16.4 Å². The summed E-state index contributed by atoms with van der Waals surface area (Å²) in [6, 6.07) is 153. The first-order chi connectivity index (χ1) is 56.5. The van der Waals surface area contributed by atoms with Crippen molar-refractivity contribution in [2.24, 2.45) is 0 Å². The van der Waals surface area contributed by atoms with E-state index in [0.29, 0.717) is 0 Å². The number of fused-ring (bicyclic) bond motifs is 13. The fourth-order valence-electron chi connectivity index (χ4n) is 19.1. The standard InChI is InChI=1S/C58H43N.C53H38N2O/c1-57(2)53-24-14-12-22-49(53)51-36-34-47(38-55(51)57)59(46-32-30-43(31-33-46)42-28-26-41(27-29-42)40-16-6-3-7-17-40)48-35-37-52-50-23-13-15-25-54(50)58(56(52)39-48,44-18-8-4-9-19-44)45-20-10-5-11-21-45;1-53(2)47-17-9-7-15-43(47)44-30-29-42(34-48(44)53)54(41-27-22-36(23-28-41)52-33-38-12-6-11-19-51(38)56-52)40-25-20-35(21-26-40)37-24-31-50-46(32-37)45-16-8-10-18-49(45)55(50)39-13-4-3-5-14-39/h3-39H,1-2H3;3-34H,1-2H3. The third-order valence-electron chi connectivity index (χ3n) is 24.8. The van der Waals surface area contributed by atoms with Crippen LogP contribution in [0.5, 0.6) is 0 Å². The van der Waals surface area contributed by atoms with Gasteiger partial charge in [0.1, 0.15) is 11.3 Å². The van der Waals surface area contributed by atoms with E-state index < -0.39 is 5.41 Å². The van der Waals surface area contributed by atoms with Crippen LogP contribution in [0.4, 0.5) is 34.1 Å². The fourth-order valence-corrected chi connectivity index (χ4v) is 19.1. The minimum absolute atomic E-state index is 0.106. The number of aromatic nitrogens is 1. The Morgan fingerprint density at radius 1 is 0.235 bits per heavy atom. The van der Waals surface area contributed by atoms with E-state index in [0.717, 1.165) is 56.4 Å². The number of nitrogens with zero attached hydrogens (tertiary/aromatic N) is 3. The summed E-state index contributed by atoms with van der Waals surface area (Å²) in [5.41, 5.74) is 37.2. The van der Waals surface area contributed by atoms with Crippen LogP contribution in [0.1, 0.15) is 72.2 Å². The van der Waals surface area contributed by atoms with Crippen molar-refractivity contribution < 1.29 is 4.42 Å². The molecule has 4 nitrogen and oxygen atoms in total. The van der Waals surface area contributed by atoms with Crippen molar-refractivity contribution in [2.75, 3.05) is 9.80 Å². The Bertz CT molecular complexity index is 6840. The number of rotatable bonds is 13. The summed E-state index contributed by atoms with van der Waals surface area (Å²) < 4.78 is 8.61. The Hall–Kier alpha value is -14.3. The fraction of sp³-hybridized carbons (Fsp3) is 0.0631. The van der Waals surface area contributed by atoms with Gasteiger partial charge in [-0.15, -0.1) is 0 Å². The van der Waals surface area contributed by atoms with Crippen LogP contribution in [0.2, 0.25) is 0 Å². The van der Waals surface area contributed by atoms with Crippen molar-refractivity contribution in [2.45, 2.75) is 43.9 Å². The Morgan fingerprint density at radius 2 is 0.591 bits per heavy atom. The molecule has 4 heteroatoms. The molecular weight excluding hydrogens is 1390 g/mol. The highest BCUT2D eigenvalue weighted by atomic mass is 16.3. The van der Waals surface area contributed by atoms with Gasteiger partial charge in [0.2, 0.25) is 0 Å². The minimum Gasteiger partial charge on any atom is -0.456 e. The van der Waals surface area contributed by atoms with E-state index in [2.05, 4.69) is 442 Å². The second-order valence-corrected chi connectivity index (χ2v) is 31.9. The molecule has 0 saturated carbocycles. The molecule has 0 aliphatic heterocycles. The molecule has 19 aromatic rings. The summed E-state index contributed by atoms with van der Waals surface area (Å²) in [4.78, 5) is 4.84. The van der Waals surface area contributed by atoms with Crippen molar-refractivity contribution in [3.05, 3.63) is 463 Å². The molecule has 0 fully saturated rings. The quantitative estimate of drug-likeness (QED) is 0.115. The van der Waals surface area contributed by atoms with E-state index in [9.17, 15) is 0 Å². The van der Waals surface area contributed by atoms with Crippen LogP contribution in [0.3, 0.4) is 0 Å². The maximum Gasteiger partial charge on any atom is 0.135 e. The Labute approximate surface area is 672 Å². The van der Waals surface area contributed by atoms with Crippen LogP contribution in [-0.4, -0.2) is 4.57 Å². The normalized spacial score (nSPS) is 13.4. The molecule has 0 spiro atoms. The molecule has 2 aromatic heterocycles. The maximum atomic E-state index is 6.24. The van der Waals surface area contributed by atoms with Crippen molar-refractivity contribution in [3.8, 4) is 83.8 Å². The van der Waals surface area contributed by atoms with E-state index in [-0.39, 0.29) is 10.8 Å². The second-order valence-electron chi connectivity index (χ2n) is 31.9. The van der Waals surface area contributed by atoms with Gasteiger partial charge in [0.15, 0.2) is 0 Å². The molecule has 0 bridgehead atoms. The van der Waals surface area contributed by atoms with Crippen LogP contribution >= 0.6 is 0 Å². The molecule has 3 aliphatic carbocycles. The average Bonchev–Trinajstić information content (AvgIpc) is 1.54. The molecule has 0 saturated heterocycles. The molecule has 0 amide bonds. The van der Waals surface area contributed by atoms with Crippen molar-refractivity contribution >= 4 is 66.9 Å². The zero-order valence-electron chi connectivity index (χ0n) is 64.6. The number of hydrogen-bond donors (Lipinski definition) is 0. The van der Waals surface area contributed by atoms with Gasteiger partial charge in [0, 0.05) is 72.4 Å². The second kappa shape index (κ2) is 27.6. The SMILES string of the molecule is CC1(C)c2ccccc2-c2ccc(N(c3ccc(-c4ccc(-c5ccccc5)cc4)cc3)c3ccc4c(c3)C(c3ccccc3)(c3ccccc3)c3ccccc3-4)cc21.CC1(C)c2ccccc2-c2ccc(N(c3ccc(-c4ccc5c(c4)c4ccccc4n5-c4ccccc4)cc3)c3ccc(-c4cc5ccccc5o4)cc3)cc21. The van der Waals surface area contributed by atoms with Crippen LogP contribution in [0.25, 0.3) is 117 Å². The molecule has 0 unspecified atom stereocenters. The molecule has 546 valence electrons. The number of para-hydroxylation sites is 3. The molecule has 115 heavy (non-hydrogen) atoms. The summed E-state index contributed by atoms with van der Waals surface area (Å²) in [7, 11) is 0. The van der Waals surface area contributed by atoms with Crippen molar-refractivity contribution in [1.82, 2.24) is 4.57 Å². The molecule has 0 atom stereocenters. The van der Waals surface area contributed by atoms with Crippen LogP contribution in [0.15, 0.2) is 423 Å². The van der Waals surface area contributed by atoms with Gasteiger partial charge in [-0.3, -0.25) is 0 Å². The molecule has 3 aliphatic rings. The molecule has 17 aromatic carbocycles. The van der Waals surface area contributed by atoms with Crippen molar-refractivity contribution in [1.29, 1.82) is 0 Å². The predicted molar refractivity (Wildman–Crippen MR) is 481 cm³/mol. The first-order valence-electron chi connectivity index (χ1n) is 40.0. The first kappa shape index (κ1) is 68.7. The first-order valence-corrected chi connectivity index (χ1v) is 40.0. The molecule has 0 N–H and O–H groups in total. The van der Waals surface area contributed by atoms with Crippen molar-refractivity contribution in [3.63, 3.8) is 0 Å². The van der Waals surface area contributed by atoms with Gasteiger partial charge in [0.25, 0.3) is 0 Å². The molecule has 22 rings (SSSR count). The maximum absolute atomic E-state index is 6.24. The number of hydrogen-bond acceptors (Lipinski definition) is 3. The number of benzene rings is 17. The van der Waals surface area contributed by atoms with Gasteiger partial charge in [-0.05, 0) is 239 Å². The Morgan fingerprint density at radius 3 is 1.12 bits per heavy atom. The topological polar surface area (TPSA) is 24.6 Å². The lowest BCUT2D eigenvalue weighted by atomic mass is 9.67. The highest BCUT2D eigenvalue weighted by Crippen LogP contribution is 2.59. The van der Waals surface area contributed by atoms with E-state index in [1.165, 1.54) is 139 Å². The van der Waals surface area contributed by atoms with E-state index in [1.807, 2.05) is 18.2 Å². The summed E-state index contributed by atoms with van der Waals surface area (Å²) in [5.74, 6) is 0.870. The Balaban J connectivity index is 0.000000144. The minimum atomic E-state index is -0.493. The summed E-state index contributed by atoms with van der Waals surface area (Å²) in [6.07, 6.45) is 0. The third kappa shape index (κ3) is 11.4. The Kier molecular flexibility index (Phi) is 16.5. The van der Waals surface area contributed by atoms with Gasteiger partial charge >= 0.3 is 0 Å². The highest BCUT2D eigenvalue weighted by Gasteiger charge is 2.47.